The molecule has 1 aromatic heterocycles. The van der Waals surface area contributed by atoms with Gasteiger partial charge in [-0.1, -0.05) is 83.4 Å². The van der Waals surface area contributed by atoms with Crippen LogP contribution in [0.2, 0.25) is 10.0 Å². The van der Waals surface area contributed by atoms with E-state index in [-0.39, 0.29) is 41.5 Å². The van der Waals surface area contributed by atoms with E-state index in [9.17, 15) is 37.1 Å². The molecule has 0 radical (unpaired) electrons. The summed E-state index contributed by atoms with van der Waals surface area (Å²) in [7, 11) is 1.21. The van der Waals surface area contributed by atoms with Crippen molar-refractivity contribution >= 4 is 58.3 Å². The van der Waals surface area contributed by atoms with E-state index in [1.54, 1.807) is 42.5 Å². The Morgan fingerprint density at radius 1 is 0.889 bits per heavy atom. The summed E-state index contributed by atoms with van der Waals surface area (Å²) in [5, 5.41) is 14.6. The third kappa shape index (κ3) is 6.94. The van der Waals surface area contributed by atoms with Crippen molar-refractivity contribution in [2.75, 3.05) is 17.5 Å². The molecule has 3 fully saturated rings. The number of carbonyl (C=O) groups excluding carboxylic acids is 4. The number of anilines is 2. The van der Waals surface area contributed by atoms with Crippen LogP contribution in [0.25, 0.3) is 0 Å². The van der Waals surface area contributed by atoms with E-state index in [0.29, 0.717) is 28.0 Å². The summed E-state index contributed by atoms with van der Waals surface area (Å²) in [6, 6.07) is 27.1. The number of hydrogen-bond acceptors (Lipinski definition) is 9. The fourth-order valence-corrected chi connectivity index (χ4v) is 10.1. The fourth-order valence-electron chi connectivity index (χ4n) is 9.79. The molecule has 6 unspecified atom stereocenters. The monoisotopic (exact) mass is 899 g/mol. The number of ether oxygens (including phenoxy) is 1. The van der Waals surface area contributed by atoms with E-state index in [1.165, 1.54) is 25.2 Å². The summed E-state index contributed by atoms with van der Waals surface area (Å²) in [4.78, 5) is 63.2. The van der Waals surface area contributed by atoms with Crippen LogP contribution in [0.3, 0.4) is 0 Å². The summed E-state index contributed by atoms with van der Waals surface area (Å²) in [5.41, 5.74) is 1.94. The third-order valence-electron chi connectivity index (χ3n) is 12.5. The summed E-state index contributed by atoms with van der Waals surface area (Å²) in [5.74, 6) is -9.41. The maximum absolute atomic E-state index is 15.5. The number of hydrazine groups is 2. The predicted octanol–water partition coefficient (Wildman–Crippen LogP) is 8.87. The number of allylic oxidation sites excluding steroid dienone is 2. The topological polar surface area (TPSA) is 132 Å². The molecule has 322 valence electrons. The van der Waals surface area contributed by atoms with Crippen LogP contribution >= 0.6 is 23.2 Å². The third-order valence-corrected chi connectivity index (χ3v) is 13.1. The van der Waals surface area contributed by atoms with Gasteiger partial charge in [0.05, 0.1) is 33.9 Å². The SMILES string of the molecule is CN(c1nc(C(F)(F)F)ccc1Cl)N1C(=O)C2CC=C3C(CC4C(=O)N(Nc5ccc(F)cc5)C(=O)C4(c4ccc(Cl)cc4)C3c3ccc(OCc4ccccc4)cc3O)C2C1=O. The molecular formula is C46H35Cl2F4N5O6. The molecule has 0 bridgehead atoms. The van der Waals surface area contributed by atoms with Gasteiger partial charge in [0.2, 0.25) is 0 Å². The Morgan fingerprint density at radius 3 is 2.29 bits per heavy atom. The van der Waals surface area contributed by atoms with Crippen molar-refractivity contribution in [2.45, 2.75) is 37.0 Å². The van der Waals surface area contributed by atoms with Gasteiger partial charge in [-0.3, -0.25) is 29.6 Å². The predicted molar refractivity (Wildman–Crippen MR) is 222 cm³/mol. The number of aromatic hydroxyl groups is 1. The Kier molecular flexibility index (Phi) is 10.4. The second kappa shape index (κ2) is 15.7. The summed E-state index contributed by atoms with van der Waals surface area (Å²) >= 11 is 12.7. The lowest BCUT2D eigenvalue weighted by Crippen LogP contribution is -2.53. The molecule has 2 N–H and O–H groups in total. The van der Waals surface area contributed by atoms with Gasteiger partial charge in [0, 0.05) is 29.6 Å². The zero-order valence-corrected chi connectivity index (χ0v) is 34.5. The van der Waals surface area contributed by atoms with Crippen molar-refractivity contribution in [1.82, 2.24) is 15.0 Å². The van der Waals surface area contributed by atoms with Crippen LogP contribution in [-0.4, -0.2) is 50.8 Å². The molecule has 4 amide bonds. The number of benzene rings is 4. The molecule has 2 aliphatic carbocycles. The van der Waals surface area contributed by atoms with Crippen LogP contribution in [0.1, 0.15) is 41.1 Å². The lowest BCUT2D eigenvalue weighted by atomic mass is 9.49. The van der Waals surface area contributed by atoms with Crippen LogP contribution in [0.5, 0.6) is 11.5 Å². The minimum Gasteiger partial charge on any atom is -0.508 e. The molecule has 5 aromatic rings. The number of imide groups is 2. The minimum absolute atomic E-state index is 0.0360. The molecule has 4 aromatic carbocycles. The molecule has 6 atom stereocenters. The number of halogens is 6. The zero-order valence-electron chi connectivity index (χ0n) is 33.0. The average Bonchev–Trinajstić information content (AvgIpc) is 3.64. The maximum Gasteiger partial charge on any atom is 0.433 e. The van der Waals surface area contributed by atoms with E-state index in [4.69, 9.17) is 27.9 Å². The van der Waals surface area contributed by atoms with Gasteiger partial charge < -0.3 is 9.84 Å². The van der Waals surface area contributed by atoms with E-state index in [1.807, 2.05) is 30.3 Å². The van der Waals surface area contributed by atoms with Gasteiger partial charge in [0.15, 0.2) is 5.82 Å². The zero-order chi connectivity index (χ0) is 44.5. The highest BCUT2D eigenvalue weighted by atomic mass is 35.5. The molecule has 3 heterocycles. The Hall–Kier alpha value is -6.45. The number of rotatable bonds is 9. The van der Waals surface area contributed by atoms with Crippen molar-refractivity contribution in [3.8, 4) is 11.5 Å². The van der Waals surface area contributed by atoms with Crippen LogP contribution in [-0.2, 0) is 37.4 Å². The molecule has 11 nitrogen and oxygen atoms in total. The number of phenols is 1. The number of aromatic nitrogens is 1. The van der Waals surface area contributed by atoms with E-state index in [0.717, 1.165) is 38.8 Å². The summed E-state index contributed by atoms with van der Waals surface area (Å²) < 4.78 is 61.4. The molecule has 4 aliphatic rings. The van der Waals surface area contributed by atoms with Gasteiger partial charge >= 0.3 is 6.18 Å². The van der Waals surface area contributed by atoms with Crippen molar-refractivity contribution in [1.29, 1.82) is 0 Å². The summed E-state index contributed by atoms with van der Waals surface area (Å²) in [6.45, 7) is 0.176. The molecule has 1 saturated carbocycles. The number of nitrogens with one attached hydrogen (secondary N) is 1. The van der Waals surface area contributed by atoms with Crippen molar-refractivity contribution < 1.29 is 46.6 Å². The number of pyridine rings is 1. The van der Waals surface area contributed by atoms with Gasteiger partial charge in [0.25, 0.3) is 23.6 Å². The van der Waals surface area contributed by atoms with Gasteiger partial charge in [0.1, 0.15) is 29.6 Å². The Morgan fingerprint density at radius 2 is 1.60 bits per heavy atom. The van der Waals surface area contributed by atoms with Gasteiger partial charge in [-0.15, -0.1) is 0 Å². The first-order valence-corrected chi connectivity index (χ1v) is 20.6. The second-order valence-corrected chi connectivity index (χ2v) is 16.7. The second-order valence-electron chi connectivity index (χ2n) is 15.9. The number of phenolic OH excluding ortho intramolecular Hbond substituents is 1. The minimum atomic E-state index is -4.86. The highest BCUT2D eigenvalue weighted by Crippen LogP contribution is 2.65. The number of fused-ring (bicyclic) bond motifs is 4. The van der Waals surface area contributed by atoms with Crippen molar-refractivity contribution in [2.24, 2.45) is 23.7 Å². The molecule has 0 spiro atoms. The molecule has 2 aliphatic heterocycles. The largest absolute Gasteiger partial charge is 0.508 e. The lowest BCUT2D eigenvalue weighted by Gasteiger charge is -2.50. The summed E-state index contributed by atoms with van der Waals surface area (Å²) in [6.07, 6.45) is -3.29. The van der Waals surface area contributed by atoms with Gasteiger partial charge in [-0.25, -0.2) is 9.37 Å². The Bertz CT molecular complexity index is 2700. The number of amides is 4. The lowest BCUT2D eigenvalue weighted by molar-refractivity contribution is -0.142. The quantitative estimate of drug-likeness (QED) is 0.0846. The Balaban J connectivity index is 1.18. The number of carbonyl (C=O) groups is 4. The van der Waals surface area contributed by atoms with Crippen LogP contribution in [0.4, 0.5) is 29.1 Å². The number of hydrogen-bond donors (Lipinski definition) is 2. The highest BCUT2D eigenvalue weighted by Gasteiger charge is 2.71. The molecule has 9 rings (SSSR count). The van der Waals surface area contributed by atoms with Crippen LogP contribution in [0, 0.1) is 29.5 Å². The fraction of sp³-hybridized carbons (Fsp3) is 0.239. The number of nitrogens with zero attached hydrogens (tertiary/aromatic N) is 4. The first kappa shape index (κ1) is 41.9. The van der Waals surface area contributed by atoms with Gasteiger partial charge in [-0.2, -0.15) is 23.2 Å². The Labute approximate surface area is 367 Å². The number of alkyl halides is 3. The molecule has 2 saturated heterocycles. The van der Waals surface area contributed by atoms with E-state index in [2.05, 4.69) is 10.4 Å². The highest BCUT2D eigenvalue weighted by molar-refractivity contribution is 6.33. The van der Waals surface area contributed by atoms with Crippen molar-refractivity contribution in [3.05, 3.63) is 159 Å². The first-order chi connectivity index (χ1) is 30.1. The molecular weight excluding hydrogens is 865 g/mol. The van der Waals surface area contributed by atoms with Crippen molar-refractivity contribution in [3.63, 3.8) is 0 Å². The normalized spacial score (nSPS) is 24.2. The molecule has 63 heavy (non-hydrogen) atoms. The van der Waals surface area contributed by atoms with E-state index >= 15 is 4.79 Å². The average molecular weight is 901 g/mol. The first-order valence-electron chi connectivity index (χ1n) is 19.8. The van der Waals surface area contributed by atoms with Crippen LogP contribution < -0.4 is 15.2 Å². The smallest absolute Gasteiger partial charge is 0.433 e. The van der Waals surface area contributed by atoms with E-state index < -0.39 is 82.1 Å². The van der Waals surface area contributed by atoms with Crippen LogP contribution in [0.15, 0.2) is 121 Å². The van der Waals surface area contributed by atoms with Gasteiger partial charge in [-0.05, 0) is 84.5 Å². The molecule has 17 heteroatoms. The standard InChI is InChI=1S/C46H35Cl2F4N5O6/c1-55(40-35(48)19-20-37(53-40)46(50,51)52)57-41(59)32-18-17-30-33(38(32)43(57)61)22-34-42(60)56(54-28-13-11-27(49)12-14-28)44(62)45(34,25-7-9-26(47)10-8-25)39(30)31-16-15-29(21-36(31)58)63-23-24-5-3-2-4-6-24/h2-17,19-21,32-34,38-39,54,58H,18,22-23H2,1H3. The maximum atomic E-state index is 15.5.